The van der Waals surface area contributed by atoms with Crippen molar-refractivity contribution in [1.82, 2.24) is 10.2 Å². The number of ether oxygens (including phenoxy) is 1. The van der Waals surface area contributed by atoms with Gasteiger partial charge >= 0.3 is 0 Å². The van der Waals surface area contributed by atoms with Gasteiger partial charge in [0.15, 0.2) is 0 Å². The molecule has 1 aromatic carbocycles. The molecule has 1 fully saturated rings. The summed E-state index contributed by atoms with van der Waals surface area (Å²) in [6.45, 7) is 6.61. The second-order valence-corrected chi connectivity index (χ2v) is 6.06. The Kier molecular flexibility index (Phi) is 6.44. The van der Waals surface area contributed by atoms with Crippen LogP contribution in [0, 0.1) is 13.8 Å². The minimum Gasteiger partial charge on any atom is -0.493 e. The van der Waals surface area contributed by atoms with Crippen molar-refractivity contribution in [2.75, 3.05) is 26.2 Å². The zero-order valence-corrected chi connectivity index (χ0v) is 14.1. The maximum atomic E-state index is 11.8. The lowest BCUT2D eigenvalue weighted by molar-refractivity contribution is -0.127. The molecule has 5 nitrogen and oxygen atoms in total. The lowest BCUT2D eigenvalue weighted by Crippen LogP contribution is -2.31. The molecule has 0 unspecified atom stereocenters. The number of benzene rings is 1. The average Bonchev–Trinajstić information content (AvgIpc) is 2.91. The van der Waals surface area contributed by atoms with Gasteiger partial charge in [0, 0.05) is 26.1 Å². The Morgan fingerprint density at radius 1 is 1.35 bits per heavy atom. The van der Waals surface area contributed by atoms with Crippen molar-refractivity contribution in [3.8, 4) is 5.75 Å². The zero-order valence-electron chi connectivity index (χ0n) is 14.1. The van der Waals surface area contributed by atoms with E-state index in [1.807, 2.05) is 30.9 Å². The Hall–Kier alpha value is -2.04. The molecule has 0 radical (unpaired) electrons. The van der Waals surface area contributed by atoms with Gasteiger partial charge in [0.1, 0.15) is 5.75 Å². The highest BCUT2D eigenvalue weighted by molar-refractivity contribution is 5.78. The van der Waals surface area contributed by atoms with Crippen LogP contribution in [0.2, 0.25) is 0 Å². The van der Waals surface area contributed by atoms with E-state index in [0.717, 1.165) is 37.2 Å². The molecule has 2 amide bonds. The van der Waals surface area contributed by atoms with Crippen LogP contribution < -0.4 is 10.1 Å². The number of nitrogens with zero attached hydrogens (tertiary/aromatic N) is 1. The Balaban J connectivity index is 1.57. The number of carbonyl (C=O) groups is 2. The third-order valence-electron chi connectivity index (χ3n) is 4.02. The van der Waals surface area contributed by atoms with Crippen molar-refractivity contribution in [3.05, 3.63) is 29.3 Å². The van der Waals surface area contributed by atoms with Crippen molar-refractivity contribution in [2.24, 2.45) is 0 Å². The van der Waals surface area contributed by atoms with E-state index in [1.54, 1.807) is 0 Å². The highest BCUT2D eigenvalue weighted by Gasteiger charge is 2.18. The molecule has 1 aliphatic heterocycles. The summed E-state index contributed by atoms with van der Waals surface area (Å²) in [4.78, 5) is 25.1. The molecule has 1 N–H and O–H groups in total. The molecule has 1 heterocycles. The summed E-state index contributed by atoms with van der Waals surface area (Å²) in [6.07, 6.45) is 2.77. The third-order valence-corrected chi connectivity index (χ3v) is 4.02. The van der Waals surface area contributed by atoms with E-state index in [4.69, 9.17) is 4.74 Å². The quantitative estimate of drug-likeness (QED) is 0.748. The molecular weight excluding hydrogens is 292 g/mol. The predicted octanol–water partition coefficient (Wildman–Crippen LogP) is 2.20. The van der Waals surface area contributed by atoms with Crippen LogP contribution in [0.4, 0.5) is 0 Å². The van der Waals surface area contributed by atoms with Crippen LogP contribution in [-0.4, -0.2) is 43.0 Å². The maximum absolute atomic E-state index is 11.8. The fraction of sp³-hybridized carbons (Fsp3) is 0.556. The lowest BCUT2D eigenvalue weighted by Gasteiger charge is -2.15. The number of rotatable bonds is 8. The highest BCUT2D eigenvalue weighted by Crippen LogP contribution is 2.18. The van der Waals surface area contributed by atoms with Gasteiger partial charge < -0.3 is 15.0 Å². The first kappa shape index (κ1) is 17.3. The summed E-state index contributed by atoms with van der Waals surface area (Å²) in [5.41, 5.74) is 2.28. The van der Waals surface area contributed by atoms with E-state index in [9.17, 15) is 9.59 Å². The number of hydrogen-bond donors (Lipinski definition) is 1. The Labute approximate surface area is 138 Å². The van der Waals surface area contributed by atoms with Crippen LogP contribution >= 0.6 is 0 Å². The number of carbonyl (C=O) groups excluding carboxylic acids is 2. The summed E-state index contributed by atoms with van der Waals surface area (Å²) in [6, 6.07) is 6.01. The molecule has 1 aromatic rings. The second-order valence-electron chi connectivity index (χ2n) is 6.06. The summed E-state index contributed by atoms with van der Waals surface area (Å²) < 4.78 is 5.65. The zero-order chi connectivity index (χ0) is 16.7. The van der Waals surface area contributed by atoms with Crippen LogP contribution in [-0.2, 0) is 9.59 Å². The van der Waals surface area contributed by atoms with Crippen LogP contribution in [0.5, 0.6) is 5.75 Å². The Morgan fingerprint density at radius 3 is 2.87 bits per heavy atom. The molecule has 5 heteroatoms. The Bertz CT molecular complexity index is 557. The minimum atomic E-state index is -0.0116. The first-order valence-electron chi connectivity index (χ1n) is 8.31. The summed E-state index contributed by atoms with van der Waals surface area (Å²) in [5, 5.41) is 2.87. The molecule has 0 saturated carbocycles. The average molecular weight is 318 g/mol. The van der Waals surface area contributed by atoms with Gasteiger partial charge in [0.25, 0.3) is 0 Å². The van der Waals surface area contributed by atoms with Crippen LogP contribution in [0.25, 0.3) is 0 Å². The largest absolute Gasteiger partial charge is 0.493 e. The van der Waals surface area contributed by atoms with Crippen molar-refractivity contribution in [1.29, 1.82) is 0 Å². The van der Waals surface area contributed by atoms with E-state index >= 15 is 0 Å². The molecule has 1 saturated heterocycles. The van der Waals surface area contributed by atoms with Gasteiger partial charge in [0.05, 0.1) is 13.0 Å². The molecule has 0 spiro atoms. The van der Waals surface area contributed by atoms with Gasteiger partial charge in [0.2, 0.25) is 11.8 Å². The van der Waals surface area contributed by atoms with Gasteiger partial charge in [-0.25, -0.2) is 0 Å². The Morgan fingerprint density at radius 2 is 2.17 bits per heavy atom. The van der Waals surface area contributed by atoms with Crippen molar-refractivity contribution < 1.29 is 14.3 Å². The normalized spacial score (nSPS) is 14.2. The summed E-state index contributed by atoms with van der Waals surface area (Å²) in [5.74, 6) is 1.05. The smallest absolute Gasteiger partial charge is 0.223 e. The van der Waals surface area contributed by atoms with E-state index in [1.165, 1.54) is 5.56 Å². The van der Waals surface area contributed by atoms with Crippen LogP contribution in [0.3, 0.4) is 0 Å². The standard InChI is InChI=1S/C18H26N2O3/c1-14-6-7-16(15(2)13-14)23-12-8-17(21)19-9-4-11-20-10-3-5-18(20)22/h6-7,13H,3-5,8-12H2,1-2H3,(H,19,21). The van der Waals surface area contributed by atoms with Gasteiger partial charge in [-0.15, -0.1) is 0 Å². The van der Waals surface area contributed by atoms with Crippen molar-refractivity contribution in [2.45, 2.75) is 39.5 Å². The second kappa shape index (κ2) is 8.56. The van der Waals surface area contributed by atoms with E-state index in [0.29, 0.717) is 26.0 Å². The first-order valence-corrected chi connectivity index (χ1v) is 8.31. The maximum Gasteiger partial charge on any atom is 0.223 e. The fourth-order valence-electron chi connectivity index (χ4n) is 2.74. The summed E-state index contributed by atoms with van der Waals surface area (Å²) in [7, 11) is 0. The van der Waals surface area contributed by atoms with E-state index < -0.39 is 0 Å². The third kappa shape index (κ3) is 5.58. The number of likely N-dealkylation sites (tertiary alicyclic amines) is 1. The first-order chi connectivity index (χ1) is 11.1. The number of hydrogen-bond acceptors (Lipinski definition) is 3. The van der Waals surface area contributed by atoms with Gasteiger partial charge in [-0.2, -0.15) is 0 Å². The SMILES string of the molecule is Cc1ccc(OCCC(=O)NCCCN2CCCC2=O)c(C)c1. The molecular formula is C18H26N2O3. The van der Waals surface area contributed by atoms with E-state index in [-0.39, 0.29) is 11.8 Å². The molecule has 1 aliphatic rings. The van der Waals surface area contributed by atoms with Crippen LogP contribution in [0.15, 0.2) is 18.2 Å². The fourth-order valence-corrected chi connectivity index (χ4v) is 2.74. The highest BCUT2D eigenvalue weighted by atomic mass is 16.5. The number of amides is 2. The minimum absolute atomic E-state index is 0.0116. The number of nitrogens with one attached hydrogen (secondary N) is 1. The molecule has 2 rings (SSSR count). The lowest BCUT2D eigenvalue weighted by atomic mass is 10.1. The monoisotopic (exact) mass is 318 g/mol. The van der Waals surface area contributed by atoms with Crippen molar-refractivity contribution in [3.63, 3.8) is 0 Å². The molecule has 0 bridgehead atoms. The molecule has 0 atom stereocenters. The molecule has 23 heavy (non-hydrogen) atoms. The predicted molar refractivity (Wildman–Crippen MR) is 89.5 cm³/mol. The van der Waals surface area contributed by atoms with Gasteiger partial charge in [-0.3, -0.25) is 9.59 Å². The topological polar surface area (TPSA) is 58.6 Å². The number of aryl methyl sites for hydroxylation is 2. The van der Waals surface area contributed by atoms with Crippen molar-refractivity contribution >= 4 is 11.8 Å². The summed E-state index contributed by atoms with van der Waals surface area (Å²) >= 11 is 0. The van der Waals surface area contributed by atoms with Gasteiger partial charge in [-0.1, -0.05) is 17.7 Å². The van der Waals surface area contributed by atoms with Crippen LogP contribution in [0.1, 0.15) is 36.8 Å². The molecule has 0 aliphatic carbocycles. The van der Waals surface area contributed by atoms with Gasteiger partial charge in [-0.05, 0) is 38.3 Å². The van der Waals surface area contributed by atoms with E-state index in [2.05, 4.69) is 11.4 Å². The molecule has 126 valence electrons. The molecule has 0 aromatic heterocycles.